The molecule has 1 N–H and O–H groups in total. The molecule has 0 radical (unpaired) electrons. The second-order valence-corrected chi connectivity index (χ2v) is 13.0. The van der Waals surface area contributed by atoms with Crippen molar-refractivity contribution in [3.8, 4) is 28.3 Å². The monoisotopic (exact) mass is 656 g/mol. The zero-order valence-electron chi connectivity index (χ0n) is 26.1. The highest BCUT2D eigenvalue weighted by Gasteiger charge is 2.30. The third-order valence-electron chi connectivity index (χ3n) is 9.14. The molecule has 2 saturated heterocycles. The Morgan fingerprint density at radius 2 is 1.87 bits per heavy atom. The van der Waals surface area contributed by atoms with E-state index in [-0.39, 0.29) is 23.9 Å². The van der Waals surface area contributed by atoms with Gasteiger partial charge in [-0.15, -0.1) is 21.5 Å². The fourth-order valence-corrected chi connectivity index (χ4v) is 7.41. The molecule has 0 saturated carbocycles. The third kappa shape index (κ3) is 6.71. The summed E-state index contributed by atoms with van der Waals surface area (Å²) >= 11 is 1.59. The van der Waals surface area contributed by atoms with E-state index in [9.17, 15) is 14.0 Å². The van der Waals surface area contributed by atoms with Gasteiger partial charge in [0, 0.05) is 74.8 Å². The number of likely N-dealkylation sites (tertiary alicyclic amines) is 1. The zero-order chi connectivity index (χ0) is 32.3. The Hall–Kier alpha value is -4.39. The molecule has 0 spiro atoms. The number of nitrogens with one attached hydrogen (secondary N) is 1. The summed E-state index contributed by atoms with van der Waals surface area (Å²) in [6, 6.07) is 13.1. The Bertz CT molecular complexity index is 1810. The molecule has 47 heavy (non-hydrogen) atoms. The number of thiophene rings is 1. The lowest BCUT2D eigenvalue weighted by Crippen LogP contribution is -2.50. The van der Waals surface area contributed by atoms with Gasteiger partial charge < -0.3 is 24.6 Å². The first-order valence-electron chi connectivity index (χ1n) is 16.1. The number of amides is 2. The maximum atomic E-state index is 14.5. The molecule has 7 rings (SSSR count). The average molecular weight is 657 g/mol. The summed E-state index contributed by atoms with van der Waals surface area (Å²) < 4.78 is 27.3. The van der Waals surface area contributed by atoms with Crippen LogP contribution >= 0.6 is 11.3 Å². The minimum absolute atomic E-state index is 0.144. The standard InChI is InChI=1S/C35H37FN6O4S/c1-2-31(43)42-11-8-27(22-42)46-35(44)41-14-12-40(13-15-41)16-17-45-30-20-26(36)5-6-28(30)33-34-29(9-18-47-34)32(38-39-33)24-3-4-25-21-37-10-7-23(25)19-24/h2-6,9,18-20,27,37H,1,7-8,10-17,21-22H2. The fourth-order valence-electron chi connectivity index (χ4n) is 6.51. The first kappa shape index (κ1) is 31.2. The van der Waals surface area contributed by atoms with Gasteiger partial charge in [-0.05, 0) is 59.8 Å². The lowest BCUT2D eigenvalue weighted by atomic mass is 9.96. The van der Waals surface area contributed by atoms with Gasteiger partial charge in [-0.2, -0.15) is 0 Å². The van der Waals surface area contributed by atoms with E-state index >= 15 is 0 Å². The van der Waals surface area contributed by atoms with E-state index in [0.29, 0.717) is 75.8 Å². The van der Waals surface area contributed by atoms with E-state index in [1.54, 1.807) is 27.2 Å². The zero-order valence-corrected chi connectivity index (χ0v) is 26.9. The minimum Gasteiger partial charge on any atom is -0.491 e. The van der Waals surface area contributed by atoms with Crippen LogP contribution in [0.1, 0.15) is 17.5 Å². The molecular formula is C35H37FN6O4S. The summed E-state index contributed by atoms with van der Waals surface area (Å²) in [5, 5.41) is 15.8. The van der Waals surface area contributed by atoms with E-state index in [1.165, 1.54) is 29.3 Å². The van der Waals surface area contributed by atoms with Crippen molar-refractivity contribution in [1.29, 1.82) is 0 Å². The maximum Gasteiger partial charge on any atom is 0.410 e. The summed E-state index contributed by atoms with van der Waals surface area (Å²) in [6.07, 6.45) is 2.26. The van der Waals surface area contributed by atoms with Crippen LogP contribution in [-0.2, 0) is 22.5 Å². The van der Waals surface area contributed by atoms with Crippen molar-refractivity contribution in [2.24, 2.45) is 0 Å². The number of nitrogens with zero attached hydrogens (tertiary/aromatic N) is 5. The van der Waals surface area contributed by atoms with E-state index in [1.807, 2.05) is 5.38 Å². The van der Waals surface area contributed by atoms with Crippen LogP contribution in [0.3, 0.4) is 0 Å². The topological polar surface area (TPSA) is 100 Å². The second kappa shape index (κ2) is 13.8. The van der Waals surface area contributed by atoms with Crippen molar-refractivity contribution >= 4 is 33.4 Å². The number of piperazine rings is 1. The highest BCUT2D eigenvalue weighted by atomic mass is 32.1. The Labute approximate surface area is 276 Å². The highest BCUT2D eigenvalue weighted by Crippen LogP contribution is 2.39. The molecule has 244 valence electrons. The van der Waals surface area contributed by atoms with Crippen molar-refractivity contribution in [2.75, 3.05) is 59.0 Å². The van der Waals surface area contributed by atoms with Crippen LogP contribution in [0.5, 0.6) is 5.75 Å². The van der Waals surface area contributed by atoms with Crippen molar-refractivity contribution in [3.63, 3.8) is 0 Å². The fraction of sp³-hybridized carbons (Fsp3) is 0.371. The number of hydrogen-bond acceptors (Lipinski definition) is 9. The van der Waals surface area contributed by atoms with Crippen LogP contribution in [0.4, 0.5) is 9.18 Å². The number of aromatic nitrogens is 2. The largest absolute Gasteiger partial charge is 0.491 e. The molecule has 10 nitrogen and oxygen atoms in total. The van der Waals surface area contributed by atoms with E-state index in [0.717, 1.165) is 40.9 Å². The number of ether oxygens (including phenoxy) is 2. The predicted molar refractivity (Wildman–Crippen MR) is 179 cm³/mol. The van der Waals surface area contributed by atoms with E-state index in [4.69, 9.17) is 9.47 Å². The molecule has 3 aliphatic rings. The van der Waals surface area contributed by atoms with E-state index in [2.05, 4.69) is 51.3 Å². The van der Waals surface area contributed by atoms with Crippen molar-refractivity contribution in [1.82, 2.24) is 30.2 Å². The van der Waals surface area contributed by atoms with Gasteiger partial charge in [0.15, 0.2) is 0 Å². The molecular weight excluding hydrogens is 619 g/mol. The lowest BCUT2D eigenvalue weighted by Gasteiger charge is -2.34. The van der Waals surface area contributed by atoms with Crippen molar-refractivity contribution < 1.29 is 23.5 Å². The number of carbonyl (C=O) groups excluding carboxylic acids is 2. The summed E-state index contributed by atoms with van der Waals surface area (Å²) in [6.45, 7) is 9.70. The van der Waals surface area contributed by atoms with Crippen LogP contribution in [0.2, 0.25) is 0 Å². The van der Waals surface area contributed by atoms with Gasteiger partial charge in [0.2, 0.25) is 5.91 Å². The quantitative estimate of drug-likeness (QED) is 0.272. The van der Waals surface area contributed by atoms with Gasteiger partial charge in [-0.1, -0.05) is 18.7 Å². The number of hydrogen-bond donors (Lipinski definition) is 1. The molecule has 2 fully saturated rings. The Morgan fingerprint density at radius 3 is 2.72 bits per heavy atom. The molecule has 1 unspecified atom stereocenters. The molecule has 3 aliphatic heterocycles. The number of fused-ring (bicyclic) bond motifs is 2. The van der Waals surface area contributed by atoms with Crippen LogP contribution in [-0.4, -0.2) is 102 Å². The summed E-state index contributed by atoms with van der Waals surface area (Å²) in [5.74, 6) is -0.106. The van der Waals surface area contributed by atoms with Gasteiger partial charge in [0.1, 0.15) is 35.7 Å². The Balaban J connectivity index is 0.978. The van der Waals surface area contributed by atoms with Crippen LogP contribution in [0.15, 0.2) is 60.5 Å². The lowest BCUT2D eigenvalue weighted by molar-refractivity contribution is -0.125. The molecule has 0 bridgehead atoms. The first-order chi connectivity index (χ1) is 23.0. The Kier molecular flexibility index (Phi) is 9.14. The highest BCUT2D eigenvalue weighted by molar-refractivity contribution is 7.17. The number of benzene rings is 2. The normalized spacial score (nSPS) is 18.3. The molecule has 1 atom stereocenters. The second-order valence-electron chi connectivity index (χ2n) is 12.1. The number of carbonyl (C=O) groups is 2. The van der Waals surface area contributed by atoms with Crippen molar-refractivity contribution in [3.05, 3.63) is 77.4 Å². The smallest absolute Gasteiger partial charge is 0.410 e. The number of halogens is 1. The molecule has 0 aliphatic carbocycles. The Morgan fingerprint density at radius 1 is 1.02 bits per heavy atom. The van der Waals surface area contributed by atoms with E-state index < -0.39 is 0 Å². The van der Waals surface area contributed by atoms with Gasteiger partial charge in [-0.3, -0.25) is 9.69 Å². The third-order valence-corrected chi connectivity index (χ3v) is 10.1. The minimum atomic E-state index is -0.384. The summed E-state index contributed by atoms with van der Waals surface area (Å²) in [5.41, 5.74) is 5.91. The molecule has 2 aromatic carbocycles. The average Bonchev–Trinajstić information content (AvgIpc) is 3.79. The molecule has 4 aromatic rings. The molecule has 5 heterocycles. The van der Waals surface area contributed by atoms with Crippen LogP contribution in [0, 0.1) is 5.82 Å². The summed E-state index contributed by atoms with van der Waals surface area (Å²) in [4.78, 5) is 30.1. The SMILES string of the molecule is C=CC(=O)N1CCC(OC(=O)N2CCN(CCOc3cc(F)ccc3-c3nnc(-c4ccc5c(c4)CCNC5)c4ccsc34)CC2)C1. The maximum absolute atomic E-state index is 14.5. The van der Waals surface area contributed by atoms with Gasteiger partial charge in [0.25, 0.3) is 0 Å². The van der Waals surface area contributed by atoms with Crippen LogP contribution < -0.4 is 10.1 Å². The molecule has 2 amide bonds. The first-order valence-corrected chi connectivity index (χ1v) is 16.9. The predicted octanol–water partition coefficient (Wildman–Crippen LogP) is 4.73. The van der Waals surface area contributed by atoms with Gasteiger partial charge in [0.05, 0.1) is 11.2 Å². The molecule has 12 heteroatoms. The number of rotatable bonds is 8. The summed E-state index contributed by atoms with van der Waals surface area (Å²) in [7, 11) is 0. The van der Waals surface area contributed by atoms with Gasteiger partial charge >= 0.3 is 6.09 Å². The molecule has 2 aromatic heterocycles. The van der Waals surface area contributed by atoms with Crippen molar-refractivity contribution in [2.45, 2.75) is 25.5 Å². The van der Waals surface area contributed by atoms with Gasteiger partial charge in [-0.25, -0.2) is 9.18 Å². The van der Waals surface area contributed by atoms with Crippen LogP contribution in [0.25, 0.3) is 32.6 Å².